The normalized spacial score (nSPS) is 19.7. The van der Waals surface area contributed by atoms with E-state index in [2.05, 4.69) is 4.74 Å². The highest BCUT2D eigenvalue weighted by atomic mass is 19.4. The molecule has 1 heterocycles. The summed E-state index contributed by atoms with van der Waals surface area (Å²) in [6.45, 7) is 0.775. The molecule has 0 saturated carbocycles. The minimum absolute atomic E-state index is 0.388. The second-order valence-electron chi connectivity index (χ2n) is 3.75. The van der Waals surface area contributed by atoms with E-state index < -0.39 is 24.3 Å². The number of amides is 1. The summed E-state index contributed by atoms with van der Waals surface area (Å²) in [5, 5.41) is 0. The van der Waals surface area contributed by atoms with Crippen LogP contribution in [0.15, 0.2) is 0 Å². The standard InChI is InChI=1S/C9H13F3N2O3/c10-9(11,12)8(16)17-7(6(13)15)14-4-2-1-3-5-14/h7H,1-5H2,(H2,13,15). The molecule has 1 aliphatic rings. The number of nitrogens with zero attached hydrogens (tertiary/aromatic N) is 1. The lowest BCUT2D eigenvalue weighted by atomic mass is 10.1. The van der Waals surface area contributed by atoms with Gasteiger partial charge in [0.1, 0.15) is 0 Å². The number of alkyl halides is 3. The van der Waals surface area contributed by atoms with Crippen LogP contribution in [0.3, 0.4) is 0 Å². The Labute approximate surface area is 95.7 Å². The topological polar surface area (TPSA) is 72.6 Å². The van der Waals surface area contributed by atoms with Crippen LogP contribution in [0, 0.1) is 0 Å². The van der Waals surface area contributed by atoms with Crippen molar-refractivity contribution in [2.45, 2.75) is 31.7 Å². The monoisotopic (exact) mass is 254 g/mol. The minimum Gasteiger partial charge on any atom is -0.430 e. The molecule has 0 aromatic heterocycles. The molecule has 0 aromatic rings. The molecule has 0 bridgehead atoms. The summed E-state index contributed by atoms with van der Waals surface area (Å²) in [6, 6.07) is 0. The van der Waals surface area contributed by atoms with Crippen LogP contribution in [-0.4, -0.2) is 42.3 Å². The lowest BCUT2D eigenvalue weighted by molar-refractivity contribution is -0.213. The Morgan fingerprint density at radius 3 is 2.12 bits per heavy atom. The van der Waals surface area contributed by atoms with Gasteiger partial charge in [0, 0.05) is 13.1 Å². The molecular formula is C9H13F3N2O3. The van der Waals surface area contributed by atoms with Gasteiger partial charge in [-0.15, -0.1) is 0 Å². The predicted octanol–water partition coefficient (Wildman–Crippen LogP) is 0.389. The summed E-state index contributed by atoms with van der Waals surface area (Å²) in [7, 11) is 0. The van der Waals surface area contributed by atoms with E-state index in [0.717, 1.165) is 19.3 Å². The first-order valence-electron chi connectivity index (χ1n) is 5.13. The zero-order chi connectivity index (χ0) is 13.1. The first-order chi connectivity index (χ1) is 7.82. The summed E-state index contributed by atoms with van der Waals surface area (Å²) < 4.78 is 40.1. The van der Waals surface area contributed by atoms with Gasteiger partial charge < -0.3 is 10.5 Å². The summed E-state index contributed by atoms with van der Waals surface area (Å²) in [4.78, 5) is 23.0. The lowest BCUT2D eigenvalue weighted by Gasteiger charge is -2.31. The molecule has 5 nitrogen and oxygen atoms in total. The highest BCUT2D eigenvalue weighted by Crippen LogP contribution is 2.20. The fraction of sp³-hybridized carbons (Fsp3) is 0.778. The molecule has 0 radical (unpaired) electrons. The third-order valence-electron chi connectivity index (χ3n) is 2.42. The van der Waals surface area contributed by atoms with Gasteiger partial charge in [0.25, 0.3) is 5.91 Å². The van der Waals surface area contributed by atoms with Crippen LogP contribution in [0.5, 0.6) is 0 Å². The number of piperidine rings is 1. The second kappa shape index (κ2) is 5.35. The summed E-state index contributed by atoms with van der Waals surface area (Å²) >= 11 is 0. The van der Waals surface area contributed by atoms with Crippen molar-refractivity contribution in [2.75, 3.05) is 13.1 Å². The van der Waals surface area contributed by atoms with Crippen LogP contribution in [0.25, 0.3) is 0 Å². The van der Waals surface area contributed by atoms with E-state index in [0.29, 0.717) is 13.1 Å². The molecular weight excluding hydrogens is 241 g/mol. The number of primary amides is 1. The molecule has 1 atom stereocenters. The zero-order valence-electron chi connectivity index (χ0n) is 9.00. The van der Waals surface area contributed by atoms with Gasteiger partial charge >= 0.3 is 12.1 Å². The van der Waals surface area contributed by atoms with E-state index in [1.54, 1.807) is 0 Å². The quantitative estimate of drug-likeness (QED) is 0.739. The fourth-order valence-corrected chi connectivity index (χ4v) is 1.63. The summed E-state index contributed by atoms with van der Waals surface area (Å²) in [5.41, 5.74) is 4.93. The van der Waals surface area contributed by atoms with Crippen molar-refractivity contribution in [1.82, 2.24) is 4.90 Å². The minimum atomic E-state index is -5.12. The average molecular weight is 254 g/mol. The number of halogens is 3. The molecule has 1 saturated heterocycles. The average Bonchev–Trinajstić information content (AvgIpc) is 2.25. The van der Waals surface area contributed by atoms with Crippen LogP contribution in [0.4, 0.5) is 13.2 Å². The molecule has 1 rings (SSSR count). The molecule has 8 heteroatoms. The molecule has 1 unspecified atom stereocenters. The molecule has 17 heavy (non-hydrogen) atoms. The molecule has 0 spiro atoms. The van der Waals surface area contributed by atoms with Gasteiger partial charge in [-0.05, 0) is 12.8 Å². The Morgan fingerprint density at radius 2 is 1.71 bits per heavy atom. The fourth-order valence-electron chi connectivity index (χ4n) is 1.63. The van der Waals surface area contributed by atoms with E-state index in [9.17, 15) is 22.8 Å². The van der Waals surface area contributed by atoms with Crippen molar-refractivity contribution in [2.24, 2.45) is 5.73 Å². The van der Waals surface area contributed by atoms with E-state index in [-0.39, 0.29) is 0 Å². The number of hydrogen-bond acceptors (Lipinski definition) is 4. The van der Waals surface area contributed by atoms with Crippen LogP contribution in [-0.2, 0) is 14.3 Å². The Hall–Kier alpha value is -1.31. The summed E-state index contributed by atoms with van der Waals surface area (Å²) in [6.07, 6.45) is -4.37. The van der Waals surface area contributed by atoms with Crippen LogP contribution in [0.1, 0.15) is 19.3 Å². The zero-order valence-corrected chi connectivity index (χ0v) is 9.00. The maximum absolute atomic E-state index is 12.0. The van der Waals surface area contributed by atoms with Crippen molar-refractivity contribution in [3.05, 3.63) is 0 Å². The first-order valence-corrected chi connectivity index (χ1v) is 5.13. The van der Waals surface area contributed by atoms with E-state index >= 15 is 0 Å². The first kappa shape index (κ1) is 13.8. The van der Waals surface area contributed by atoms with Gasteiger partial charge in [-0.1, -0.05) is 6.42 Å². The van der Waals surface area contributed by atoms with Gasteiger partial charge in [0.05, 0.1) is 0 Å². The van der Waals surface area contributed by atoms with Crippen molar-refractivity contribution in [3.63, 3.8) is 0 Å². The van der Waals surface area contributed by atoms with Gasteiger partial charge in [0.2, 0.25) is 6.23 Å². The molecule has 0 aromatic carbocycles. The maximum atomic E-state index is 12.0. The number of ether oxygens (including phenoxy) is 1. The largest absolute Gasteiger partial charge is 0.490 e. The van der Waals surface area contributed by atoms with Gasteiger partial charge in [-0.2, -0.15) is 13.2 Å². The van der Waals surface area contributed by atoms with Gasteiger partial charge in [0.15, 0.2) is 0 Å². The van der Waals surface area contributed by atoms with Crippen molar-refractivity contribution < 1.29 is 27.5 Å². The van der Waals surface area contributed by atoms with Crippen LogP contribution < -0.4 is 5.73 Å². The number of esters is 1. The van der Waals surface area contributed by atoms with E-state index in [4.69, 9.17) is 5.73 Å². The molecule has 98 valence electrons. The van der Waals surface area contributed by atoms with Crippen molar-refractivity contribution >= 4 is 11.9 Å². The second-order valence-corrected chi connectivity index (χ2v) is 3.75. The van der Waals surface area contributed by atoms with Crippen LogP contribution in [0.2, 0.25) is 0 Å². The maximum Gasteiger partial charge on any atom is 0.490 e. The Kier molecular flexibility index (Phi) is 4.33. The summed E-state index contributed by atoms with van der Waals surface area (Å²) in [5.74, 6) is -3.49. The molecule has 1 aliphatic heterocycles. The van der Waals surface area contributed by atoms with Gasteiger partial charge in [-0.25, -0.2) is 4.79 Å². The predicted molar refractivity (Wildman–Crippen MR) is 50.6 cm³/mol. The Bertz CT molecular complexity index is 300. The highest BCUT2D eigenvalue weighted by Gasteiger charge is 2.44. The number of nitrogens with two attached hydrogens (primary N) is 1. The van der Waals surface area contributed by atoms with E-state index in [1.807, 2.05) is 0 Å². The molecule has 2 N–H and O–H groups in total. The van der Waals surface area contributed by atoms with Crippen molar-refractivity contribution in [1.29, 1.82) is 0 Å². The number of likely N-dealkylation sites (tertiary alicyclic amines) is 1. The number of rotatable bonds is 3. The number of carbonyl (C=O) groups excluding carboxylic acids is 2. The Balaban J connectivity index is 2.66. The highest BCUT2D eigenvalue weighted by molar-refractivity contribution is 5.83. The van der Waals surface area contributed by atoms with Gasteiger partial charge in [-0.3, -0.25) is 9.69 Å². The lowest BCUT2D eigenvalue weighted by Crippen LogP contribution is -2.51. The molecule has 1 fully saturated rings. The molecule has 1 amide bonds. The third kappa shape index (κ3) is 3.88. The SMILES string of the molecule is NC(=O)C(OC(=O)C(F)(F)F)N1CCCCC1. The molecule has 0 aliphatic carbocycles. The van der Waals surface area contributed by atoms with Crippen molar-refractivity contribution in [3.8, 4) is 0 Å². The smallest absolute Gasteiger partial charge is 0.430 e. The van der Waals surface area contributed by atoms with E-state index in [1.165, 1.54) is 4.90 Å². The third-order valence-corrected chi connectivity index (χ3v) is 2.42. The number of carbonyl (C=O) groups is 2. The van der Waals surface area contributed by atoms with Crippen LogP contribution >= 0.6 is 0 Å². The Morgan fingerprint density at radius 1 is 1.18 bits per heavy atom. The number of hydrogen-bond donors (Lipinski definition) is 1.